The molecule has 1 aliphatic carbocycles. The van der Waals surface area contributed by atoms with E-state index in [-0.39, 0.29) is 0 Å². The first-order valence-corrected chi connectivity index (χ1v) is 6.04. The Bertz CT molecular complexity index is 336. The SMILES string of the molecule is COCC(NCc1ccc(OC)nc1)C1CC1. The van der Waals surface area contributed by atoms with E-state index < -0.39 is 0 Å². The minimum Gasteiger partial charge on any atom is -0.481 e. The summed E-state index contributed by atoms with van der Waals surface area (Å²) in [6.07, 6.45) is 4.49. The molecule has 94 valence electrons. The highest BCUT2D eigenvalue weighted by molar-refractivity contribution is 5.17. The highest BCUT2D eigenvalue weighted by Crippen LogP contribution is 2.32. The van der Waals surface area contributed by atoms with E-state index in [9.17, 15) is 0 Å². The van der Waals surface area contributed by atoms with Crippen molar-refractivity contribution < 1.29 is 9.47 Å². The van der Waals surface area contributed by atoms with Gasteiger partial charge in [-0.05, 0) is 24.3 Å². The molecular weight excluding hydrogens is 216 g/mol. The molecule has 0 bridgehead atoms. The monoisotopic (exact) mass is 236 g/mol. The van der Waals surface area contributed by atoms with Crippen LogP contribution in [0.15, 0.2) is 18.3 Å². The topological polar surface area (TPSA) is 43.4 Å². The van der Waals surface area contributed by atoms with E-state index in [1.807, 2.05) is 18.3 Å². The third-order valence-electron chi connectivity index (χ3n) is 3.11. The zero-order chi connectivity index (χ0) is 12.1. The van der Waals surface area contributed by atoms with Crippen LogP contribution in [0, 0.1) is 5.92 Å². The van der Waals surface area contributed by atoms with Crippen LogP contribution in [0.3, 0.4) is 0 Å². The molecule has 0 saturated heterocycles. The number of ether oxygens (including phenoxy) is 2. The summed E-state index contributed by atoms with van der Waals surface area (Å²) in [4.78, 5) is 4.19. The van der Waals surface area contributed by atoms with Crippen LogP contribution in [-0.4, -0.2) is 31.9 Å². The third kappa shape index (κ3) is 3.68. The van der Waals surface area contributed by atoms with Gasteiger partial charge in [-0.1, -0.05) is 6.07 Å². The number of nitrogens with one attached hydrogen (secondary N) is 1. The summed E-state index contributed by atoms with van der Waals surface area (Å²) in [5, 5.41) is 3.53. The van der Waals surface area contributed by atoms with Crippen molar-refractivity contribution in [1.82, 2.24) is 10.3 Å². The lowest BCUT2D eigenvalue weighted by Crippen LogP contribution is -2.34. The van der Waals surface area contributed by atoms with Crippen LogP contribution in [0.1, 0.15) is 18.4 Å². The Balaban J connectivity index is 1.82. The summed E-state index contributed by atoms with van der Waals surface area (Å²) in [7, 11) is 3.38. The Morgan fingerprint density at radius 1 is 1.41 bits per heavy atom. The van der Waals surface area contributed by atoms with Gasteiger partial charge < -0.3 is 14.8 Å². The summed E-state index contributed by atoms with van der Waals surface area (Å²) in [5.41, 5.74) is 1.17. The maximum Gasteiger partial charge on any atom is 0.212 e. The molecule has 1 saturated carbocycles. The van der Waals surface area contributed by atoms with Crippen molar-refractivity contribution in [3.63, 3.8) is 0 Å². The molecule has 0 aliphatic heterocycles. The third-order valence-corrected chi connectivity index (χ3v) is 3.11. The maximum atomic E-state index is 5.23. The second kappa shape index (κ2) is 5.98. The maximum absolute atomic E-state index is 5.23. The molecule has 1 aromatic rings. The fourth-order valence-electron chi connectivity index (χ4n) is 1.93. The molecule has 1 unspecified atom stereocenters. The van der Waals surface area contributed by atoms with Crippen LogP contribution in [0.5, 0.6) is 5.88 Å². The normalized spacial score (nSPS) is 16.8. The largest absolute Gasteiger partial charge is 0.481 e. The van der Waals surface area contributed by atoms with E-state index in [4.69, 9.17) is 9.47 Å². The number of hydrogen-bond acceptors (Lipinski definition) is 4. The highest BCUT2D eigenvalue weighted by Gasteiger charge is 2.30. The first kappa shape index (κ1) is 12.3. The van der Waals surface area contributed by atoms with Gasteiger partial charge in [0.25, 0.3) is 0 Å². The predicted molar refractivity (Wildman–Crippen MR) is 66.0 cm³/mol. The van der Waals surface area contributed by atoms with E-state index in [1.165, 1.54) is 18.4 Å². The summed E-state index contributed by atoms with van der Waals surface area (Å²) in [5.74, 6) is 1.45. The average Bonchev–Trinajstić information content (AvgIpc) is 3.19. The molecule has 1 fully saturated rings. The Morgan fingerprint density at radius 3 is 2.76 bits per heavy atom. The van der Waals surface area contributed by atoms with Crippen LogP contribution < -0.4 is 10.1 Å². The van der Waals surface area contributed by atoms with Gasteiger partial charge >= 0.3 is 0 Å². The summed E-state index contributed by atoms with van der Waals surface area (Å²) < 4.78 is 10.3. The lowest BCUT2D eigenvalue weighted by atomic mass is 10.2. The van der Waals surface area contributed by atoms with E-state index in [1.54, 1.807) is 14.2 Å². The lowest BCUT2D eigenvalue weighted by molar-refractivity contribution is 0.157. The van der Waals surface area contributed by atoms with Gasteiger partial charge in [-0.15, -0.1) is 0 Å². The number of aromatic nitrogens is 1. The molecular formula is C13H20N2O2. The van der Waals surface area contributed by atoms with Crippen molar-refractivity contribution in [2.75, 3.05) is 20.8 Å². The molecule has 4 nitrogen and oxygen atoms in total. The quantitative estimate of drug-likeness (QED) is 0.781. The number of nitrogens with zero attached hydrogens (tertiary/aromatic N) is 1. The fourth-order valence-corrected chi connectivity index (χ4v) is 1.93. The second-order valence-corrected chi connectivity index (χ2v) is 4.49. The Labute approximate surface area is 102 Å². The smallest absolute Gasteiger partial charge is 0.212 e. The van der Waals surface area contributed by atoms with Crippen molar-refractivity contribution in [3.05, 3.63) is 23.9 Å². The van der Waals surface area contributed by atoms with Crippen molar-refractivity contribution in [3.8, 4) is 5.88 Å². The van der Waals surface area contributed by atoms with Crippen LogP contribution in [0.25, 0.3) is 0 Å². The minimum atomic E-state index is 0.474. The van der Waals surface area contributed by atoms with Crippen LogP contribution in [0.2, 0.25) is 0 Å². The molecule has 1 aromatic heterocycles. The van der Waals surface area contributed by atoms with E-state index in [0.29, 0.717) is 11.9 Å². The van der Waals surface area contributed by atoms with Crippen LogP contribution in [-0.2, 0) is 11.3 Å². The van der Waals surface area contributed by atoms with Crippen LogP contribution in [0.4, 0.5) is 0 Å². The second-order valence-electron chi connectivity index (χ2n) is 4.49. The summed E-state index contributed by atoms with van der Waals surface area (Å²) >= 11 is 0. The standard InChI is InChI=1S/C13H20N2O2/c1-16-9-12(11-4-5-11)14-7-10-3-6-13(17-2)15-8-10/h3,6,8,11-12,14H,4-5,7,9H2,1-2H3. The van der Waals surface area contributed by atoms with Crippen LogP contribution >= 0.6 is 0 Å². The molecule has 0 spiro atoms. The van der Waals surface area contributed by atoms with E-state index in [0.717, 1.165) is 19.1 Å². The van der Waals surface area contributed by atoms with Crippen molar-refractivity contribution in [2.45, 2.75) is 25.4 Å². The van der Waals surface area contributed by atoms with Gasteiger partial charge in [0.2, 0.25) is 5.88 Å². The minimum absolute atomic E-state index is 0.474. The molecule has 0 amide bonds. The molecule has 1 atom stereocenters. The van der Waals surface area contributed by atoms with Crippen molar-refractivity contribution >= 4 is 0 Å². The van der Waals surface area contributed by atoms with Gasteiger partial charge in [0.15, 0.2) is 0 Å². The van der Waals surface area contributed by atoms with Gasteiger partial charge in [0.05, 0.1) is 13.7 Å². The summed E-state index contributed by atoms with van der Waals surface area (Å²) in [6, 6.07) is 4.40. The average molecular weight is 236 g/mol. The predicted octanol–water partition coefficient (Wildman–Crippen LogP) is 1.60. The number of pyridine rings is 1. The fraction of sp³-hybridized carbons (Fsp3) is 0.615. The number of hydrogen-bond donors (Lipinski definition) is 1. The first-order chi connectivity index (χ1) is 8.33. The number of rotatable bonds is 7. The van der Waals surface area contributed by atoms with Gasteiger partial charge in [0.1, 0.15) is 0 Å². The van der Waals surface area contributed by atoms with E-state index >= 15 is 0 Å². The first-order valence-electron chi connectivity index (χ1n) is 6.04. The molecule has 0 aromatic carbocycles. The molecule has 2 rings (SSSR count). The molecule has 1 aliphatic rings. The van der Waals surface area contributed by atoms with Gasteiger partial charge in [-0.3, -0.25) is 0 Å². The Kier molecular flexibility index (Phi) is 4.34. The van der Waals surface area contributed by atoms with Crippen molar-refractivity contribution in [1.29, 1.82) is 0 Å². The van der Waals surface area contributed by atoms with E-state index in [2.05, 4.69) is 10.3 Å². The molecule has 0 radical (unpaired) electrons. The zero-order valence-corrected chi connectivity index (χ0v) is 10.5. The Hall–Kier alpha value is -1.13. The Morgan fingerprint density at radius 2 is 2.24 bits per heavy atom. The van der Waals surface area contributed by atoms with Gasteiger partial charge in [0, 0.05) is 32.0 Å². The zero-order valence-electron chi connectivity index (χ0n) is 10.5. The van der Waals surface area contributed by atoms with Gasteiger partial charge in [-0.2, -0.15) is 0 Å². The van der Waals surface area contributed by atoms with Gasteiger partial charge in [-0.25, -0.2) is 4.98 Å². The molecule has 1 N–H and O–H groups in total. The number of methoxy groups -OCH3 is 2. The molecule has 1 heterocycles. The van der Waals surface area contributed by atoms with Crippen molar-refractivity contribution in [2.24, 2.45) is 5.92 Å². The summed E-state index contributed by atoms with van der Waals surface area (Å²) in [6.45, 7) is 1.62. The molecule has 4 heteroatoms. The lowest BCUT2D eigenvalue weighted by Gasteiger charge is -2.17. The molecule has 17 heavy (non-hydrogen) atoms. The highest BCUT2D eigenvalue weighted by atomic mass is 16.5.